The average molecular weight is 245 g/mol. The first-order valence-electron chi connectivity index (χ1n) is 7.33. The monoisotopic (exact) mass is 245 g/mol. The average Bonchev–Trinajstić information content (AvgIpc) is 2.68. The van der Waals surface area contributed by atoms with Gasteiger partial charge in [-0.05, 0) is 36.8 Å². The van der Waals surface area contributed by atoms with Gasteiger partial charge in [-0.2, -0.15) is 0 Å². The van der Waals surface area contributed by atoms with Crippen molar-refractivity contribution in [1.82, 2.24) is 0 Å². The van der Waals surface area contributed by atoms with Crippen molar-refractivity contribution >= 4 is 0 Å². The number of para-hydroxylation sites is 1. The highest BCUT2D eigenvalue weighted by atomic mass is 16.5. The van der Waals surface area contributed by atoms with Crippen LogP contribution in [0.1, 0.15) is 44.1 Å². The van der Waals surface area contributed by atoms with E-state index in [-0.39, 0.29) is 0 Å². The van der Waals surface area contributed by atoms with Crippen LogP contribution in [-0.4, -0.2) is 12.1 Å². The van der Waals surface area contributed by atoms with Gasteiger partial charge in [-0.3, -0.25) is 0 Å². The molecular weight excluding hydrogens is 222 g/mol. The largest absolute Gasteiger partial charge is 0.490 e. The Labute approximate surface area is 110 Å². The van der Waals surface area contributed by atoms with Gasteiger partial charge in [0.1, 0.15) is 11.9 Å². The van der Waals surface area contributed by atoms with E-state index in [4.69, 9.17) is 10.5 Å². The molecule has 1 aromatic carbocycles. The smallest absolute Gasteiger partial charge is 0.123 e. The third-order valence-corrected chi connectivity index (χ3v) is 4.50. The Bertz CT molecular complexity index is 379. The second-order valence-corrected chi connectivity index (χ2v) is 5.85. The highest BCUT2D eigenvalue weighted by molar-refractivity contribution is 5.37. The molecule has 0 aromatic heterocycles. The van der Waals surface area contributed by atoms with Crippen molar-refractivity contribution in [2.24, 2.45) is 11.7 Å². The van der Waals surface area contributed by atoms with E-state index in [1.165, 1.54) is 37.7 Å². The summed E-state index contributed by atoms with van der Waals surface area (Å²) < 4.78 is 6.04. The summed E-state index contributed by atoms with van der Waals surface area (Å²) >= 11 is 0. The third-order valence-electron chi connectivity index (χ3n) is 4.50. The lowest BCUT2D eigenvalue weighted by atomic mass is 9.89. The van der Waals surface area contributed by atoms with Crippen molar-refractivity contribution in [2.75, 3.05) is 0 Å². The van der Waals surface area contributed by atoms with Crippen molar-refractivity contribution in [1.29, 1.82) is 0 Å². The number of hydrogen-bond donors (Lipinski definition) is 1. The van der Waals surface area contributed by atoms with E-state index in [0.29, 0.717) is 18.1 Å². The molecule has 2 nitrogen and oxygen atoms in total. The summed E-state index contributed by atoms with van der Waals surface area (Å²) in [7, 11) is 0. The zero-order valence-electron chi connectivity index (χ0n) is 11.0. The molecule has 3 atom stereocenters. The first-order valence-corrected chi connectivity index (χ1v) is 7.33. The highest BCUT2D eigenvalue weighted by Crippen LogP contribution is 2.33. The molecule has 1 saturated carbocycles. The van der Waals surface area contributed by atoms with Crippen molar-refractivity contribution < 1.29 is 4.74 Å². The van der Waals surface area contributed by atoms with Gasteiger partial charge in [0.15, 0.2) is 0 Å². The van der Waals surface area contributed by atoms with Crippen LogP contribution >= 0.6 is 0 Å². The van der Waals surface area contributed by atoms with Crippen LogP contribution in [0.25, 0.3) is 0 Å². The Hall–Kier alpha value is -1.02. The van der Waals surface area contributed by atoms with Crippen LogP contribution in [0, 0.1) is 5.92 Å². The van der Waals surface area contributed by atoms with Gasteiger partial charge in [0.25, 0.3) is 0 Å². The zero-order chi connectivity index (χ0) is 12.4. The number of ether oxygens (including phenoxy) is 1. The number of benzene rings is 1. The maximum Gasteiger partial charge on any atom is 0.123 e. The summed E-state index contributed by atoms with van der Waals surface area (Å²) in [5, 5.41) is 0. The molecule has 1 aliphatic heterocycles. The Morgan fingerprint density at radius 3 is 2.83 bits per heavy atom. The fourth-order valence-corrected chi connectivity index (χ4v) is 3.43. The maximum atomic E-state index is 6.31. The van der Waals surface area contributed by atoms with Crippen molar-refractivity contribution in [3.05, 3.63) is 29.8 Å². The van der Waals surface area contributed by atoms with Gasteiger partial charge in [0.05, 0.1) is 0 Å². The van der Waals surface area contributed by atoms with Crippen molar-refractivity contribution in [3.8, 4) is 5.75 Å². The summed E-state index contributed by atoms with van der Waals surface area (Å²) in [6.07, 6.45) is 9.06. The number of rotatable bonds is 2. The normalized spacial score (nSPS) is 31.5. The van der Waals surface area contributed by atoms with Gasteiger partial charge in [-0.1, -0.05) is 37.5 Å². The second kappa shape index (κ2) is 5.31. The van der Waals surface area contributed by atoms with E-state index in [1.54, 1.807) is 0 Å². The van der Waals surface area contributed by atoms with Gasteiger partial charge < -0.3 is 10.5 Å². The Morgan fingerprint density at radius 2 is 1.94 bits per heavy atom. The molecule has 3 unspecified atom stereocenters. The predicted octanol–water partition coefficient (Wildman–Crippen LogP) is 3.29. The minimum absolute atomic E-state index is 0.358. The molecule has 2 heteroatoms. The van der Waals surface area contributed by atoms with Crippen molar-refractivity contribution in [3.63, 3.8) is 0 Å². The molecule has 2 N–H and O–H groups in total. The van der Waals surface area contributed by atoms with Crippen LogP contribution in [0.5, 0.6) is 5.75 Å². The second-order valence-electron chi connectivity index (χ2n) is 5.85. The summed E-state index contributed by atoms with van der Waals surface area (Å²) in [5.41, 5.74) is 7.67. The van der Waals surface area contributed by atoms with Crippen LogP contribution in [0.2, 0.25) is 0 Å². The molecule has 18 heavy (non-hydrogen) atoms. The van der Waals surface area contributed by atoms with Gasteiger partial charge in [0.2, 0.25) is 0 Å². The Balaban J connectivity index is 1.61. The lowest BCUT2D eigenvalue weighted by Crippen LogP contribution is -2.32. The lowest BCUT2D eigenvalue weighted by Gasteiger charge is -2.24. The van der Waals surface area contributed by atoms with Gasteiger partial charge in [-0.15, -0.1) is 0 Å². The molecule has 0 bridgehead atoms. The molecule has 0 saturated heterocycles. The van der Waals surface area contributed by atoms with E-state index in [0.717, 1.165) is 18.6 Å². The highest BCUT2D eigenvalue weighted by Gasteiger charge is 2.28. The van der Waals surface area contributed by atoms with E-state index in [2.05, 4.69) is 24.3 Å². The van der Waals surface area contributed by atoms with Gasteiger partial charge in [0, 0.05) is 12.5 Å². The lowest BCUT2D eigenvalue weighted by molar-refractivity contribution is 0.179. The van der Waals surface area contributed by atoms with Crippen LogP contribution in [-0.2, 0) is 6.42 Å². The van der Waals surface area contributed by atoms with E-state index < -0.39 is 0 Å². The molecule has 0 radical (unpaired) electrons. The SMILES string of the molecule is NC1CCCCCC1CC1Cc2ccccc2O1. The summed E-state index contributed by atoms with van der Waals surface area (Å²) in [5.74, 6) is 1.75. The minimum atomic E-state index is 0.358. The van der Waals surface area contributed by atoms with Crippen LogP contribution in [0.3, 0.4) is 0 Å². The molecule has 1 aromatic rings. The molecule has 2 aliphatic rings. The van der Waals surface area contributed by atoms with E-state index in [1.807, 2.05) is 0 Å². The van der Waals surface area contributed by atoms with E-state index in [9.17, 15) is 0 Å². The molecular formula is C16H23NO. The van der Waals surface area contributed by atoms with Gasteiger partial charge >= 0.3 is 0 Å². The number of fused-ring (bicyclic) bond motifs is 1. The van der Waals surface area contributed by atoms with Crippen molar-refractivity contribution in [2.45, 2.75) is 57.1 Å². The molecule has 1 heterocycles. The number of nitrogens with two attached hydrogens (primary N) is 1. The molecule has 0 spiro atoms. The van der Waals surface area contributed by atoms with E-state index >= 15 is 0 Å². The molecule has 0 amide bonds. The molecule has 1 aliphatic carbocycles. The number of hydrogen-bond acceptors (Lipinski definition) is 2. The topological polar surface area (TPSA) is 35.2 Å². The third kappa shape index (κ3) is 2.54. The standard InChI is InChI=1S/C16H23NO/c17-15-8-3-1-2-6-12(15)10-14-11-13-7-4-5-9-16(13)18-14/h4-5,7,9,12,14-15H,1-3,6,8,10-11,17H2. The summed E-state index contributed by atoms with van der Waals surface area (Å²) in [6, 6.07) is 8.81. The van der Waals surface area contributed by atoms with Gasteiger partial charge in [-0.25, -0.2) is 0 Å². The molecule has 3 rings (SSSR count). The Kier molecular flexibility index (Phi) is 3.55. The summed E-state index contributed by atoms with van der Waals surface area (Å²) in [6.45, 7) is 0. The maximum absolute atomic E-state index is 6.31. The molecule has 1 fully saturated rings. The van der Waals surface area contributed by atoms with Crippen LogP contribution < -0.4 is 10.5 Å². The first kappa shape index (κ1) is 12.0. The Morgan fingerprint density at radius 1 is 1.11 bits per heavy atom. The summed E-state index contributed by atoms with van der Waals surface area (Å²) in [4.78, 5) is 0. The molecule has 98 valence electrons. The fourth-order valence-electron chi connectivity index (χ4n) is 3.43. The quantitative estimate of drug-likeness (QED) is 0.811. The fraction of sp³-hybridized carbons (Fsp3) is 0.625. The first-order chi connectivity index (χ1) is 8.83. The zero-order valence-corrected chi connectivity index (χ0v) is 11.0. The minimum Gasteiger partial charge on any atom is -0.490 e. The van der Waals surface area contributed by atoms with Crippen LogP contribution in [0.4, 0.5) is 0 Å². The predicted molar refractivity (Wildman–Crippen MR) is 73.7 cm³/mol. The van der Waals surface area contributed by atoms with Crippen LogP contribution in [0.15, 0.2) is 24.3 Å².